The maximum atomic E-state index is 12.0. The minimum atomic E-state index is -0.948. The number of piperidine rings is 1. The quantitative estimate of drug-likeness (QED) is 0.743. The highest BCUT2D eigenvalue weighted by molar-refractivity contribution is 5.91. The lowest BCUT2D eigenvalue weighted by atomic mass is 10.1. The van der Waals surface area contributed by atoms with Crippen molar-refractivity contribution in [2.24, 2.45) is 5.73 Å². The lowest BCUT2D eigenvalue weighted by molar-refractivity contribution is -0.137. The van der Waals surface area contributed by atoms with E-state index in [0.29, 0.717) is 0 Å². The van der Waals surface area contributed by atoms with Gasteiger partial charge in [0.25, 0.3) is 0 Å². The van der Waals surface area contributed by atoms with E-state index in [1.165, 1.54) is 6.42 Å². The first-order valence-electron chi connectivity index (χ1n) is 6.21. The lowest BCUT2D eigenvalue weighted by Gasteiger charge is -2.30. The van der Waals surface area contributed by atoms with Gasteiger partial charge in [-0.15, -0.1) is 0 Å². The molecule has 0 saturated carbocycles. The predicted octanol–water partition coefficient (Wildman–Crippen LogP) is 0.241. The fraction of sp³-hybridized carbons (Fsp3) is 0.833. The molecule has 17 heavy (non-hydrogen) atoms. The standard InChI is InChI=1S/C12H23N3O2/c1-9(14-11(17)12(2,3)13)10(16)15-7-5-4-6-8-15/h9H,4-8,13H2,1-3H3,(H,14,17). The number of carbonyl (C=O) groups is 2. The number of hydrogen-bond acceptors (Lipinski definition) is 3. The minimum Gasteiger partial charge on any atom is -0.343 e. The summed E-state index contributed by atoms with van der Waals surface area (Å²) in [5.74, 6) is -0.308. The van der Waals surface area contributed by atoms with Crippen LogP contribution in [0.1, 0.15) is 40.0 Å². The van der Waals surface area contributed by atoms with Gasteiger partial charge in [-0.3, -0.25) is 9.59 Å². The highest BCUT2D eigenvalue weighted by atomic mass is 16.2. The third-order valence-corrected chi connectivity index (χ3v) is 2.97. The molecule has 98 valence electrons. The van der Waals surface area contributed by atoms with Crippen LogP contribution in [0.2, 0.25) is 0 Å². The molecule has 1 rings (SSSR count). The van der Waals surface area contributed by atoms with Crippen LogP contribution >= 0.6 is 0 Å². The fourth-order valence-electron chi connectivity index (χ4n) is 1.83. The van der Waals surface area contributed by atoms with Crippen molar-refractivity contribution in [2.45, 2.75) is 51.6 Å². The number of carbonyl (C=O) groups excluding carboxylic acids is 2. The maximum absolute atomic E-state index is 12.0. The number of hydrogen-bond donors (Lipinski definition) is 2. The summed E-state index contributed by atoms with van der Waals surface area (Å²) < 4.78 is 0. The zero-order valence-corrected chi connectivity index (χ0v) is 11.0. The van der Waals surface area contributed by atoms with E-state index in [9.17, 15) is 9.59 Å². The van der Waals surface area contributed by atoms with Crippen molar-refractivity contribution < 1.29 is 9.59 Å². The molecule has 1 heterocycles. The molecule has 0 aromatic carbocycles. The molecule has 2 amide bonds. The van der Waals surface area contributed by atoms with Gasteiger partial charge in [0, 0.05) is 13.1 Å². The van der Waals surface area contributed by atoms with Crippen molar-refractivity contribution in [1.82, 2.24) is 10.2 Å². The van der Waals surface area contributed by atoms with Gasteiger partial charge in [-0.2, -0.15) is 0 Å². The average Bonchev–Trinajstić information content (AvgIpc) is 2.27. The summed E-state index contributed by atoms with van der Waals surface area (Å²) in [4.78, 5) is 25.5. The summed E-state index contributed by atoms with van der Waals surface area (Å²) in [6.45, 7) is 6.55. The Morgan fingerprint density at radius 1 is 1.24 bits per heavy atom. The number of rotatable bonds is 3. The molecule has 0 bridgehead atoms. The third kappa shape index (κ3) is 4.00. The first-order chi connectivity index (χ1) is 7.82. The summed E-state index contributed by atoms with van der Waals surface area (Å²) in [6, 6.07) is -0.497. The van der Waals surface area contributed by atoms with Crippen molar-refractivity contribution in [3.63, 3.8) is 0 Å². The van der Waals surface area contributed by atoms with Gasteiger partial charge in [0.15, 0.2) is 0 Å². The van der Waals surface area contributed by atoms with Gasteiger partial charge in [-0.1, -0.05) is 0 Å². The molecule has 0 spiro atoms. The zero-order valence-electron chi connectivity index (χ0n) is 11.0. The van der Waals surface area contributed by atoms with Gasteiger partial charge in [0.2, 0.25) is 11.8 Å². The lowest BCUT2D eigenvalue weighted by Crippen LogP contribution is -2.55. The predicted molar refractivity (Wildman–Crippen MR) is 66.3 cm³/mol. The van der Waals surface area contributed by atoms with Gasteiger partial charge in [0.1, 0.15) is 6.04 Å². The smallest absolute Gasteiger partial charge is 0.244 e. The fourth-order valence-corrected chi connectivity index (χ4v) is 1.83. The van der Waals surface area contributed by atoms with Gasteiger partial charge in [-0.25, -0.2) is 0 Å². The molecule has 1 saturated heterocycles. The molecule has 0 aromatic rings. The molecule has 1 fully saturated rings. The van der Waals surface area contributed by atoms with Gasteiger partial charge in [-0.05, 0) is 40.0 Å². The van der Waals surface area contributed by atoms with Gasteiger partial charge in [0.05, 0.1) is 5.54 Å². The Bertz CT molecular complexity index is 291. The van der Waals surface area contributed by atoms with Crippen LogP contribution in [0.15, 0.2) is 0 Å². The van der Waals surface area contributed by atoms with Crippen LogP contribution in [0.3, 0.4) is 0 Å². The van der Waals surface area contributed by atoms with Crippen LogP contribution in [-0.2, 0) is 9.59 Å². The summed E-state index contributed by atoms with van der Waals surface area (Å²) in [7, 11) is 0. The van der Waals surface area contributed by atoms with Crippen molar-refractivity contribution in [3.8, 4) is 0 Å². The molecule has 5 heteroatoms. The highest BCUT2D eigenvalue weighted by Gasteiger charge is 2.28. The highest BCUT2D eigenvalue weighted by Crippen LogP contribution is 2.10. The molecule has 1 aliphatic heterocycles. The van der Waals surface area contributed by atoms with Crippen LogP contribution in [0.5, 0.6) is 0 Å². The van der Waals surface area contributed by atoms with E-state index in [0.717, 1.165) is 25.9 Å². The number of nitrogens with zero attached hydrogens (tertiary/aromatic N) is 1. The Balaban J connectivity index is 2.49. The Hall–Kier alpha value is -1.10. The molecule has 1 aliphatic rings. The van der Waals surface area contributed by atoms with Gasteiger partial charge < -0.3 is 16.0 Å². The first-order valence-corrected chi connectivity index (χ1v) is 6.21. The molecule has 1 unspecified atom stereocenters. The van der Waals surface area contributed by atoms with E-state index in [2.05, 4.69) is 5.32 Å². The summed E-state index contributed by atoms with van der Waals surface area (Å²) in [6.07, 6.45) is 3.28. The normalized spacial score (nSPS) is 18.7. The number of nitrogens with two attached hydrogens (primary N) is 1. The van der Waals surface area contributed by atoms with E-state index >= 15 is 0 Å². The topological polar surface area (TPSA) is 75.4 Å². The molecule has 3 N–H and O–H groups in total. The van der Waals surface area contributed by atoms with Crippen LogP contribution < -0.4 is 11.1 Å². The van der Waals surface area contributed by atoms with Crippen molar-refractivity contribution in [3.05, 3.63) is 0 Å². The summed E-state index contributed by atoms with van der Waals surface area (Å²) >= 11 is 0. The first kappa shape index (κ1) is 14.0. The van der Waals surface area contributed by atoms with Crippen LogP contribution in [0, 0.1) is 0 Å². The average molecular weight is 241 g/mol. The molecule has 5 nitrogen and oxygen atoms in total. The third-order valence-electron chi connectivity index (χ3n) is 2.97. The molecule has 0 radical (unpaired) electrons. The zero-order chi connectivity index (χ0) is 13.1. The summed E-state index contributed by atoms with van der Waals surface area (Å²) in [5, 5.41) is 2.66. The van der Waals surface area contributed by atoms with E-state index in [4.69, 9.17) is 5.73 Å². The second-order valence-corrected chi connectivity index (χ2v) is 5.30. The molecular formula is C12H23N3O2. The van der Waals surface area contributed by atoms with Crippen LogP contribution in [0.25, 0.3) is 0 Å². The van der Waals surface area contributed by atoms with E-state index in [1.54, 1.807) is 20.8 Å². The van der Waals surface area contributed by atoms with Gasteiger partial charge >= 0.3 is 0 Å². The molecular weight excluding hydrogens is 218 g/mol. The Labute approximate surface area is 103 Å². The largest absolute Gasteiger partial charge is 0.343 e. The Morgan fingerprint density at radius 3 is 2.24 bits per heavy atom. The van der Waals surface area contributed by atoms with Crippen LogP contribution in [0.4, 0.5) is 0 Å². The molecule has 0 aromatic heterocycles. The number of amides is 2. The Kier molecular flexibility index (Phi) is 4.51. The molecule has 1 atom stereocenters. The SMILES string of the molecule is CC(NC(=O)C(C)(C)N)C(=O)N1CCCCC1. The Morgan fingerprint density at radius 2 is 1.76 bits per heavy atom. The van der Waals surface area contributed by atoms with E-state index in [-0.39, 0.29) is 11.8 Å². The van der Waals surface area contributed by atoms with Crippen molar-refractivity contribution >= 4 is 11.8 Å². The maximum Gasteiger partial charge on any atom is 0.244 e. The second-order valence-electron chi connectivity index (χ2n) is 5.30. The minimum absolute atomic E-state index is 0.0118. The van der Waals surface area contributed by atoms with Crippen molar-refractivity contribution in [1.29, 1.82) is 0 Å². The van der Waals surface area contributed by atoms with Crippen LogP contribution in [-0.4, -0.2) is 41.4 Å². The van der Waals surface area contributed by atoms with E-state index in [1.807, 2.05) is 4.90 Å². The number of nitrogens with one attached hydrogen (secondary N) is 1. The number of likely N-dealkylation sites (tertiary alicyclic amines) is 1. The summed E-state index contributed by atoms with van der Waals surface area (Å²) in [5.41, 5.74) is 4.72. The van der Waals surface area contributed by atoms with Crippen molar-refractivity contribution in [2.75, 3.05) is 13.1 Å². The molecule has 0 aliphatic carbocycles. The van der Waals surface area contributed by atoms with E-state index < -0.39 is 11.6 Å². The monoisotopic (exact) mass is 241 g/mol. The second kappa shape index (κ2) is 5.49.